The summed E-state index contributed by atoms with van der Waals surface area (Å²) in [5.41, 5.74) is 3.18. The van der Waals surface area contributed by atoms with E-state index in [9.17, 15) is 4.79 Å². The number of para-hydroxylation sites is 2. The maximum Gasteiger partial charge on any atom is 0.326 e. The molecular formula is C22H23N9O2. The number of hydrogen-bond acceptors (Lipinski definition) is 8. The topological polar surface area (TPSA) is 124 Å². The lowest BCUT2D eigenvalue weighted by atomic mass is 10.0. The minimum Gasteiger partial charge on any atom is -0.418 e. The lowest BCUT2D eigenvalue weighted by Gasteiger charge is -2.33. The smallest absolute Gasteiger partial charge is 0.326 e. The molecule has 11 heteroatoms. The van der Waals surface area contributed by atoms with Gasteiger partial charge in [-0.05, 0) is 25.0 Å². The summed E-state index contributed by atoms with van der Waals surface area (Å²) in [6, 6.07) is 7.96. The number of piperidine rings is 1. The fourth-order valence-corrected chi connectivity index (χ4v) is 4.67. The molecule has 33 heavy (non-hydrogen) atoms. The van der Waals surface area contributed by atoms with Gasteiger partial charge in [0, 0.05) is 32.6 Å². The number of imidazole rings is 2. The number of benzene rings is 1. The van der Waals surface area contributed by atoms with Crippen molar-refractivity contribution in [3.63, 3.8) is 0 Å². The van der Waals surface area contributed by atoms with Gasteiger partial charge in [0.05, 0.1) is 11.0 Å². The number of rotatable bonds is 4. The second-order valence-corrected chi connectivity index (χ2v) is 8.25. The number of aryl methyl sites for hydroxylation is 2. The third-order valence-corrected chi connectivity index (χ3v) is 6.35. The Bertz CT molecular complexity index is 1520. The van der Waals surface area contributed by atoms with E-state index in [1.165, 1.54) is 0 Å². The van der Waals surface area contributed by atoms with E-state index in [0.29, 0.717) is 35.2 Å². The van der Waals surface area contributed by atoms with Crippen LogP contribution in [-0.2, 0) is 13.5 Å². The Balaban J connectivity index is 1.31. The monoisotopic (exact) mass is 445 g/mol. The van der Waals surface area contributed by atoms with Crippen molar-refractivity contribution in [2.75, 3.05) is 18.0 Å². The minimum atomic E-state index is -0.0561. The number of aromatic nitrogens is 8. The number of hydrogen-bond donors (Lipinski definition) is 1. The van der Waals surface area contributed by atoms with Gasteiger partial charge in [-0.2, -0.15) is 0 Å². The summed E-state index contributed by atoms with van der Waals surface area (Å²) in [7, 11) is 1.88. The summed E-state index contributed by atoms with van der Waals surface area (Å²) in [5.74, 6) is 2.29. The van der Waals surface area contributed by atoms with Crippen molar-refractivity contribution in [2.24, 2.45) is 7.05 Å². The van der Waals surface area contributed by atoms with Gasteiger partial charge in [-0.1, -0.05) is 19.1 Å². The molecule has 0 aliphatic carbocycles. The molecular weight excluding hydrogens is 422 g/mol. The van der Waals surface area contributed by atoms with Gasteiger partial charge in [0.2, 0.25) is 11.7 Å². The Labute approximate surface area is 188 Å². The van der Waals surface area contributed by atoms with Gasteiger partial charge in [-0.3, -0.25) is 4.57 Å². The highest BCUT2D eigenvalue weighted by Crippen LogP contribution is 2.31. The molecule has 5 heterocycles. The van der Waals surface area contributed by atoms with Crippen molar-refractivity contribution >= 4 is 28.0 Å². The standard InChI is InChI=1S/C22H23N9O2/c1-3-16-27-28-21(33-16)20-26-17-18(29(20)2)23-12-24-19(17)30-10-8-13(9-11-30)31-15-7-5-4-6-14(15)25-22(31)32/h4-7,12-13H,3,8-11H2,1-2H3,(H,25,32). The van der Waals surface area contributed by atoms with E-state index in [1.807, 2.05) is 47.4 Å². The summed E-state index contributed by atoms with van der Waals surface area (Å²) < 4.78 is 9.46. The SMILES string of the molecule is CCc1nnc(-c2nc3c(N4CCC(n5c(=O)[nH]c6ccccc65)CC4)ncnc3n2C)o1. The van der Waals surface area contributed by atoms with Gasteiger partial charge in [0.1, 0.15) is 6.33 Å². The Morgan fingerprint density at radius 2 is 1.97 bits per heavy atom. The highest BCUT2D eigenvalue weighted by Gasteiger charge is 2.27. The number of nitrogens with zero attached hydrogens (tertiary/aromatic N) is 8. The Morgan fingerprint density at radius 3 is 2.76 bits per heavy atom. The van der Waals surface area contributed by atoms with Crippen LogP contribution in [0.5, 0.6) is 0 Å². The second-order valence-electron chi connectivity index (χ2n) is 8.25. The molecule has 0 unspecified atom stereocenters. The quantitative estimate of drug-likeness (QED) is 0.447. The predicted octanol–water partition coefficient (Wildman–Crippen LogP) is 2.46. The van der Waals surface area contributed by atoms with Gasteiger partial charge in [-0.25, -0.2) is 19.7 Å². The van der Waals surface area contributed by atoms with Crippen LogP contribution in [0.3, 0.4) is 0 Å². The minimum absolute atomic E-state index is 0.0561. The van der Waals surface area contributed by atoms with Crippen LogP contribution in [0.4, 0.5) is 5.82 Å². The number of H-pyrrole nitrogens is 1. The third kappa shape index (κ3) is 3.11. The van der Waals surface area contributed by atoms with Gasteiger partial charge in [0.15, 0.2) is 17.0 Å². The first kappa shape index (κ1) is 19.6. The van der Waals surface area contributed by atoms with Crippen molar-refractivity contribution in [3.8, 4) is 11.7 Å². The van der Waals surface area contributed by atoms with E-state index in [0.717, 1.165) is 42.8 Å². The molecule has 4 aromatic heterocycles. The first-order chi connectivity index (χ1) is 16.1. The zero-order chi connectivity index (χ0) is 22.5. The average molecular weight is 445 g/mol. The zero-order valence-electron chi connectivity index (χ0n) is 18.4. The van der Waals surface area contributed by atoms with E-state index in [4.69, 9.17) is 9.40 Å². The van der Waals surface area contributed by atoms with Crippen molar-refractivity contribution in [2.45, 2.75) is 32.2 Å². The molecule has 6 rings (SSSR count). The average Bonchev–Trinajstić information content (AvgIpc) is 3.54. The lowest BCUT2D eigenvalue weighted by molar-refractivity contribution is 0.395. The molecule has 5 aromatic rings. The molecule has 0 atom stereocenters. The maximum atomic E-state index is 12.6. The molecule has 1 saturated heterocycles. The number of fused-ring (bicyclic) bond motifs is 2. The van der Waals surface area contributed by atoms with Gasteiger partial charge in [0.25, 0.3) is 5.89 Å². The summed E-state index contributed by atoms with van der Waals surface area (Å²) in [6.07, 6.45) is 3.88. The molecule has 0 saturated carbocycles. The number of aromatic amines is 1. The Morgan fingerprint density at radius 1 is 1.15 bits per heavy atom. The molecule has 1 aliphatic heterocycles. The molecule has 1 aliphatic rings. The van der Waals surface area contributed by atoms with Crippen molar-refractivity contribution < 1.29 is 4.42 Å². The highest BCUT2D eigenvalue weighted by atomic mass is 16.4. The van der Waals surface area contributed by atoms with Gasteiger partial charge in [-0.15, -0.1) is 10.2 Å². The summed E-state index contributed by atoms with van der Waals surface area (Å²) in [6.45, 7) is 3.48. The van der Waals surface area contributed by atoms with Crippen LogP contribution in [0.1, 0.15) is 31.7 Å². The van der Waals surface area contributed by atoms with E-state index in [2.05, 4.69) is 30.0 Å². The van der Waals surface area contributed by atoms with Crippen LogP contribution in [0, 0.1) is 0 Å². The lowest BCUT2D eigenvalue weighted by Crippen LogP contribution is -2.37. The van der Waals surface area contributed by atoms with Crippen LogP contribution in [0.25, 0.3) is 33.9 Å². The van der Waals surface area contributed by atoms with E-state index in [1.54, 1.807) is 6.33 Å². The largest absolute Gasteiger partial charge is 0.418 e. The molecule has 1 aromatic carbocycles. The normalized spacial score (nSPS) is 15.2. The van der Waals surface area contributed by atoms with E-state index < -0.39 is 0 Å². The molecule has 168 valence electrons. The maximum absolute atomic E-state index is 12.6. The van der Waals surface area contributed by atoms with Gasteiger partial charge < -0.3 is 18.9 Å². The van der Waals surface area contributed by atoms with Crippen molar-refractivity contribution in [3.05, 3.63) is 47.0 Å². The summed E-state index contributed by atoms with van der Waals surface area (Å²) >= 11 is 0. The molecule has 1 fully saturated rings. The van der Waals surface area contributed by atoms with Gasteiger partial charge >= 0.3 is 5.69 Å². The van der Waals surface area contributed by atoms with Crippen LogP contribution in [0.2, 0.25) is 0 Å². The Kier molecular flexibility index (Phi) is 4.49. The molecule has 0 spiro atoms. The zero-order valence-corrected chi connectivity index (χ0v) is 18.4. The van der Waals surface area contributed by atoms with E-state index in [-0.39, 0.29) is 11.7 Å². The van der Waals surface area contributed by atoms with Crippen LogP contribution in [-0.4, -0.2) is 52.4 Å². The van der Waals surface area contributed by atoms with Crippen molar-refractivity contribution in [1.82, 2.24) is 39.3 Å². The fraction of sp³-hybridized carbons (Fsp3) is 0.364. The molecule has 11 nitrogen and oxygen atoms in total. The van der Waals surface area contributed by atoms with Crippen molar-refractivity contribution in [1.29, 1.82) is 0 Å². The fourth-order valence-electron chi connectivity index (χ4n) is 4.67. The summed E-state index contributed by atoms with van der Waals surface area (Å²) in [5, 5.41) is 8.18. The number of anilines is 1. The van der Waals surface area contributed by atoms with E-state index >= 15 is 0 Å². The Hall–Kier alpha value is -4.02. The first-order valence-electron chi connectivity index (χ1n) is 11.1. The highest BCUT2D eigenvalue weighted by molar-refractivity contribution is 5.86. The third-order valence-electron chi connectivity index (χ3n) is 6.35. The molecule has 0 bridgehead atoms. The van der Waals surface area contributed by atoms with Crippen LogP contribution < -0.4 is 10.6 Å². The number of nitrogens with one attached hydrogen (secondary N) is 1. The van der Waals surface area contributed by atoms with Crippen LogP contribution >= 0.6 is 0 Å². The van der Waals surface area contributed by atoms with Crippen LogP contribution in [0.15, 0.2) is 39.8 Å². The molecule has 1 N–H and O–H groups in total. The second kappa shape index (κ2) is 7.54. The first-order valence-corrected chi connectivity index (χ1v) is 11.1. The molecule has 0 radical (unpaired) electrons. The molecule has 0 amide bonds. The predicted molar refractivity (Wildman–Crippen MR) is 122 cm³/mol. The summed E-state index contributed by atoms with van der Waals surface area (Å²) in [4.78, 5) is 31.5.